The summed E-state index contributed by atoms with van der Waals surface area (Å²) in [5, 5.41) is 9.48. The Morgan fingerprint density at radius 2 is 1.91 bits per heavy atom. The van der Waals surface area contributed by atoms with Crippen LogP contribution in [0.3, 0.4) is 0 Å². The van der Waals surface area contributed by atoms with Gasteiger partial charge < -0.3 is 20.6 Å². The Morgan fingerprint density at radius 3 is 2.45 bits per heavy atom. The van der Waals surface area contributed by atoms with Crippen molar-refractivity contribution in [1.82, 2.24) is 14.9 Å². The number of aliphatic imine (C=N–C) groups is 1. The van der Waals surface area contributed by atoms with Gasteiger partial charge in [-0.05, 0) is 18.9 Å². The first-order valence-corrected chi connectivity index (χ1v) is 7.90. The van der Waals surface area contributed by atoms with Gasteiger partial charge in [0.2, 0.25) is 5.95 Å². The average Bonchev–Trinajstić information content (AvgIpc) is 2.55. The quantitative estimate of drug-likeness (QED) is 0.604. The Morgan fingerprint density at radius 1 is 1.23 bits per heavy atom. The number of guanidine groups is 1. The van der Waals surface area contributed by atoms with Crippen molar-refractivity contribution in [2.75, 3.05) is 44.2 Å². The van der Waals surface area contributed by atoms with Crippen LogP contribution in [0, 0.1) is 5.41 Å². The number of aromatic nitrogens is 2. The van der Waals surface area contributed by atoms with Gasteiger partial charge in [-0.2, -0.15) is 0 Å². The number of nitrogens with zero attached hydrogens (tertiary/aromatic N) is 5. The van der Waals surface area contributed by atoms with Crippen LogP contribution in [0.1, 0.15) is 19.3 Å². The zero-order chi connectivity index (χ0) is 15.4. The van der Waals surface area contributed by atoms with Gasteiger partial charge in [-0.25, -0.2) is 9.97 Å². The van der Waals surface area contributed by atoms with E-state index >= 15 is 0 Å². The van der Waals surface area contributed by atoms with Crippen LogP contribution in [0.5, 0.6) is 0 Å². The van der Waals surface area contributed by atoms with E-state index in [1.807, 2.05) is 6.07 Å². The van der Waals surface area contributed by atoms with E-state index in [0.717, 1.165) is 45.0 Å². The molecule has 0 aromatic carbocycles. The van der Waals surface area contributed by atoms with Crippen LogP contribution in [-0.2, 0) is 0 Å². The number of aliphatic hydroxyl groups excluding tert-OH is 1. The van der Waals surface area contributed by atoms with Crippen molar-refractivity contribution < 1.29 is 5.11 Å². The smallest absolute Gasteiger partial charge is 0.225 e. The molecular weight excluding hydrogens is 280 g/mol. The highest BCUT2D eigenvalue weighted by Crippen LogP contribution is 2.40. The molecule has 22 heavy (non-hydrogen) atoms. The zero-order valence-electron chi connectivity index (χ0n) is 12.9. The van der Waals surface area contributed by atoms with Crippen molar-refractivity contribution >= 4 is 11.9 Å². The number of hydrogen-bond acceptors (Lipinski definition) is 5. The van der Waals surface area contributed by atoms with Crippen LogP contribution in [0.15, 0.2) is 23.5 Å². The number of nitrogens with two attached hydrogens (primary N) is 1. The Balaban J connectivity index is 1.52. The fourth-order valence-electron chi connectivity index (χ4n) is 2.98. The van der Waals surface area contributed by atoms with Crippen molar-refractivity contribution in [2.45, 2.75) is 19.3 Å². The Labute approximate surface area is 130 Å². The summed E-state index contributed by atoms with van der Waals surface area (Å²) < 4.78 is 0. The third-order valence-electron chi connectivity index (χ3n) is 4.76. The van der Waals surface area contributed by atoms with Crippen LogP contribution in [0.2, 0.25) is 0 Å². The van der Waals surface area contributed by atoms with Crippen molar-refractivity contribution in [1.29, 1.82) is 0 Å². The molecule has 0 unspecified atom stereocenters. The minimum Gasteiger partial charge on any atom is -0.396 e. The number of rotatable bonds is 4. The molecule has 0 atom stereocenters. The summed E-state index contributed by atoms with van der Waals surface area (Å²) in [6.45, 7) is 4.16. The van der Waals surface area contributed by atoms with Gasteiger partial charge in [-0.3, -0.25) is 4.99 Å². The van der Waals surface area contributed by atoms with E-state index in [-0.39, 0.29) is 12.0 Å². The monoisotopic (exact) mass is 304 g/mol. The van der Waals surface area contributed by atoms with Gasteiger partial charge in [0.05, 0.1) is 13.2 Å². The third-order valence-corrected chi connectivity index (χ3v) is 4.76. The molecule has 1 aromatic rings. The first kappa shape index (κ1) is 15.0. The van der Waals surface area contributed by atoms with E-state index in [4.69, 9.17) is 5.73 Å². The summed E-state index contributed by atoms with van der Waals surface area (Å²) in [7, 11) is 0. The number of aliphatic hydroxyl groups is 1. The summed E-state index contributed by atoms with van der Waals surface area (Å²) in [4.78, 5) is 17.3. The van der Waals surface area contributed by atoms with Gasteiger partial charge in [-0.1, -0.05) is 6.42 Å². The van der Waals surface area contributed by atoms with E-state index in [1.165, 1.54) is 6.42 Å². The lowest BCUT2D eigenvalue weighted by Crippen LogP contribution is -2.52. The summed E-state index contributed by atoms with van der Waals surface area (Å²) in [5.41, 5.74) is 6.11. The lowest BCUT2D eigenvalue weighted by atomic mass is 9.69. The maximum atomic E-state index is 9.48. The number of piperazine rings is 1. The van der Waals surface area contributed by atoms with Crippen LogP contribution in [-0.4, -0.2) is 65.3 Å². The predicted octanol–water partition coefficient (Wildman–Crippen LogP) is 0.0759. The normalized spacial score (nSPS) is 21.6. The van der Waals surface area contributed by atoms with E-state index in [2.05, 4.69) is 24.8 Å². The van der Waals surface area contributed by atoms with Gasteiger partial charge in [0, 0.05) is 44.0 Å². The fourth-order valence-corrected chi connectivity index (χ4v) is 2.98. The highest BCUT2D eigenvalue weighted by Gasteiger charge is 2.36. The van der Waals surface area contributed by atoms with Crippen LogP contribution < -0.4 is 10.6 Å². The molecule has 2 aliphatic rings. The van der Waals surface area contributed by atoms with E-state index in [9.17, 15) is 5.11 Å². The maximum absolute atomic E-state index is 9.48. The molecule has 3 rings (SSSR count). The first-order chi connectivity index (χ1) is 10.7. The largest absolute Gasteiger partial charge is 0.396 e. The minimum atomic E-state index is -0.00960. The van der Waals surface area contributed by atoms with Crippen molar-refractivity contribution in [2.24, 2.45) is 16.1 Å². The molecular formula is C15H24N6O. The van der Waals surface area contributed by atoms with Gasteiger partial charge in [0.15, 0.2) is 5.96 Å². The maximum Gasteiger partial charge on any atom is 0.225 e. The molecule has 2 heterocycles. The predicted molar refractivity (Wildman–Crippen MR) is 85.7 cm³/mol. The molecule has 1 saturated carbocycles. The standard InChI is InChI=1S/C15H24N6O/c16-13(19-11-15(12-22)3-1-4-15)20-7-9-21(10-8-20)14-17-5-2-6-18-14/h2,5-6,22H,1,3-4,7-12H2,(H2,16,19). The van der Waals surface area contributed by atoms with Gasteiger partial charge >= 0.3 is 0 Å². The molecule has 120 valence electrons. The molecule has 0 radical (unpaired) electrons. The average molecular weight is 304 g/mol. The van der Waals surface area contributed by atoms with Crippen LogP contribution in [0.4, 0.5) is 5.95 Å². The lowest BCUT2D eigenvalue weighted by molar-refractivity contribution is 0.0537. The molecule has 0 bridgehead atoms. The Bertz CT molecular complexity index is 503. The fraction of sp³-hybridized carbons (Fsp3) is 0.667. The van der Waals surface area contributed by atoms with Crippen molar-refractivity contribution in [3.8, 4) is 0 Å². The van der Waals surface area contributed by atoms with E-state index in [1.54, 1.807) is 12.4 Å². The second-order valence-corrected chi connectivity index (χ2v) is 6.21. The number of anilines is 1. The van der Waals surface area contributed by atoms with Gasteiger partial charge in [-0.15, -0.1) is 0 Å². The summed E-state index contributed by atoms with van der Waals surface area (Å²) in [6, 6.07) is 1.82. The van der Waals surface area contributed by atoms with Gasteiger partial charge in [0.25, 0.3) is 0 Å². The summed E-state index contributed by atoms with van der Waals surface area (Å²) in [5.74, 6) is 1.36. The molecule has 1 saturated heterocycles. The molecule has 0 amide bonds. The third kappa shape index (κ3) is 3.14. The molecule has 1 aliphatic heterocycles. The summed E-state index contributed by atoms with van der Waals surface area (Å²) >= 11 is 0. The lowest BCUT2D eigenvalue weighted by Gasteiger charge is -2.39. The molecule has 1 aliphatic carbocycles. The molecule has 2 fully saturated rings. The van der Waals surface area contributed by atoms with Crippen LogP contribution in [0.25, 0.3) is 0 Å². The summed E-state index contributed by atoms with van der Waals surface area (Å²) in [6.07, 6.45) is 6.82. The Kier molecular flexibility index (Phi) is 4.42. The van der Waals surface area contributed by atoms with Gasteiger partial charge in [0.1, 0.15) is 0 Å². The molecule has 7 nitrogen and oxygen atoms in total. The van der Waals surface area contributed by atoms with Crippen molar-refractivity contribution in [3.05, 3.63) is 18.5 Å². The van der Waals surface area contributed by atoms with Crippen molar-refractivity contribution in [3.63, 3.8) is 0 Å². The number of hydrogen-bond donors (Lipinski definition) is 2. The SMILES string of the molecule is NC(=NCC1(CO)CCC1)N1CCN(c2ncccn2)CC1. The molecule has 3 N–H and O–H groups in total. The van der Waals surface area contributed by atoms with E-state index in [0.29, 0.717) is 12.5 Å². The highest BCUT2D eigenvalue weighted by atomic mass is 16.3. The van der Waals surface area contributed by atoms with Crippen LogP contribution >= 0.6 is 0 Å². The molecule has 1 aromatic heterocycles. The second kappa shape index (κ2) is 6.48. The minimum absolute atomic E-state index is 0.00960. The molecule has 7 heteroatoms. The second-order valence-electron chi connectivity index (χ2n) is 6.21. The molecule has 0 spiro atoms. The zero-order valence-corrected chi connectivity index (χ0v) is 12.9. The Hall–Kier alpha value is -1.89. The topological polar surface area (TPSA) is 90.9 Å². The first-order valence-electron chi connectivity index (χ1n) is 7.90. The highest BCUT2D eigenvalue weighted by molar-refractivity contribution is 5.78. The van der Waals surface area contributed by atoms with E-state index < -0.39 is 0 Å².